The predicted octanol–water partition coefficient (Wildman–Crippen LogP) is 1.67. The Hall–Kier alpha value is -1.16. The summed E-state index contributed by atoms with van der Waals surface area (Å²) in [5.41, 5.74) is 7.59. The Morgan fingerprint density at radius 2 is 2.00 bits per heavy atom. The van der Waals surface area contributed by atoms with E-state index in [-0.39, 0.29) is 6.04 Å². The fourth-order valence-corrected chi connectivity index (χ4v) is 1.23. The molecule has 0 aromatic carbocycles. The van der Waals surface area contributed by atoms with Crippen LogP contribution in [0.15, 0.2) is 6.07 Å². The number of nitrogens with zero attached hydrogens (tertiary/aromatic N) is 2. The number of anilines is 1. The fraction of sp³-hybridized carbons (Fsp3) is 0.636. The lowest BCUT2D eigenvalue weighted by Gasteiger charge is -2.13. The molecule has 0 saturated heterocycles. The third kappa shape index (κ3) is 3.47. The first kappa shape index (κ1) is 11.9. The zero-order valence-electron chi connectivity index (χ0n) is 9.91. The molecule has 0 spiro atoms. The van der Waals surface area contributed by atoms with Gasteiger partial charge in [0.2, 0.25) is 5.95 Å². The molecular formula is C11H20N4. The first-order valence-corrected chi connectivity index (χ1v) is 5.35. The molecule has 0 aliphatic carbocycles. The van der Waals surface area contributed by atoms with Gasteiger partial charge < -0.3 is 11.1 Å². The number of rotatable bonds is 4. The van der Waals surface area contributed by atoms with E-state index in [1.54, 1.807) is 0 Å². The van der Waals surface area contributed by atoms with Crippen LogP contribution in [0.4, 0.5) is 5.95 Å². The van der Waals surface area contributed by atoms with Gasteiger partial charge in [0.05, 0.1) is 0 Å². The van der Waals surface area contributed by atoms with E-state index in [2.05, 4.69) is 29.1 Å². The van der Waals surface area contributed by atoms with E-state index < -0.39 is 0 Å². The second kappa shape index (κ2) is 5.07. The summed E-state index contributed by atoms with van der Waals surface area (Å²) in [5, 5.41) is 3.18. The highest BCUT2D eigenvalue weighted by Crippen LogP contribution is 2.14. The maximum Gasteiger partial charge on any atom is 0.223 e. The third-order valence-corrected chi connectivity index (χ3v) is 2.19. The molecule has 0 amide bonds. The summed E-state index contributed by atoms with van der Waals surface area (Å²) in [4.78, 5) is 8.77. The Morgan fingerprint density at radius 1 is 1.33 bits per heavy atom. The largest absolute Gasteiger partial charge is 0.350 e. The Morgan fingerprint density at radius 3 is 2.53 bits per heavy atom. The van der Waals surface area contributed by atoms with Crippen molar-refractivity contribution in [1.82, 2.24) is 9.97 Å². The maximum atomic E-state index is 5.54. The van der Waals surface area contributed by atoms with Crippen LogP contribution in [0.2, 0.25) is 0 Å². The van der Waals surface area contributed by atoms with Crippen LogP contribution in [0.5, 0.6) is 0 Å². The average molecular weight is 208 g/mol. The van der Waals surface area contributed by atoms with Gasteiger partial charge in [-0.05, 0) is 25.8 Å². The highest BCUT2D eigenvalue weighted by Gasteiger charge is 2.07. The van der Waals surface area contributed by atoms with E-state index in [0.717, 1.165) is 11.4 Å². The minimum atomic E-state index is 0.201. The van der Waals surface area contributed by atoms with Gasteiger partial charge in [0, 0.05) is 24.0 Å². The number of aryl methyl sites for hydroxylation is 1. The molecule has 0 radical (unpaired) electrons. The van der Waals surface area contributed by atoms with Crippen molar-refractivity contribution in [2.75, 3.05) is 11.9 Å². The number of nitrogens with two attached hydrogens (primary N) is 1. The van der Waals surface area contributed by atoms with Crippen LogP contribution in [0.1, 0.15) is 38.1 Å². The van der Waals surface area contributed by atoms with Crippen molar-refractivity contribution in [3.63, 3.8) is 0 Å². The summed E-state index contributed by atoms with van der Waals surface area (Å²) in [5.74, 6) is 1.09. The molecule has 0 saturated carbocycles. The van der Waals surface area contributed by atoms with Crippen molar-refractivity contribution in [1.29, 1.82) is 0 Å². The monoisotopic (exact) mass is 208 g/mol. The summed E-state index contributed by atoms with van der Waals surface area (Å²) in [6, 6.07) is 2.22. The van der Waals surface area contributed by atoms with E-state index in [9.17, 15) is 0 Å². The summed E-state index contributed by atoms with van der Waals surface area (Å²) in [6.07, 6.45) is 0. The Kier molecular flexibility index (Phi) is 4.03. The fourth-order valence-electron chi connectivity index (χ4n) is 1.23. The lowest BCUT2D eigenvalue weighted by atomic mass is 10.1. The van der Waals surface area contributed by atoms with E-state index in [4.69, 9.17) is 5.73 Å². The molecule has 1 heterocycles. The molecule has 1 atom stereocenters. The summed E-state index contributed by atoms with van der Waals surface area (Å²) < 4.78 is 0. The van der Waals surface area contributed by atoms with Crippen molar-refractivity contribution in [3.8, 4) is 0 Å². The molecule has 0 aliphatic rings. The molecule has 4 nitrogen and oxygen atoms in total. The minimum absolute atomic E-state index is 0.201. The van der Waals surface area contributed by atoms with E-state index in [0.29, 0.717) is 18.4 Å². The zero-order chi connectivity index (χ0) is 11.4. The van der Waals surface area contributed by atoms with Crippen LogP contribution in [-0.2, 0) is 0 Å². The Labute approximate surface area is 91.3 Å². The van der Waals surface area contributed by atoms with Gasteiger partial charge in [-0.3, -0.25) is 0 Å². The standard InChI is InChI=1S/C11H20N4/c1-7(2)10-5-8(3)13-11(15-10)14-9(4)6-12/h5,7,9H,6,12H2,1-4H3,(H,13,14,15). The van der Waals surface area contributed by atoms with Gasteiger partial charge in [-0.15, -0.1) is 0 Å². The molecule has 1 aromatic heterocycles. The van der Waals surface area contributed by atoms with Crippen LogP contribution >= 0.6 is 0 Å². The van der Waals surface area contributed by atoms with Crippen LogP contribution < -0.4 is 11.1 Å². The topological polar surface area (TPSA) is 63.8 Å². The summed E-state index contributed by atoms with van der Waals surface area (Å²) >= 11 is 0. The van der Waals surface area contributed by atoms with Crippen molar-refractivity contribution in [2.24, 2.45) is 5.73 Å². The zero-order valence-corrected chi connectivity index (χ0v) is 9.91. The predicted molar refractivity (Wildman–Crippen MR) is 63.0 cm³/mol. The van der Waals surface area contributed by atoms with Crippen molar-refractivity contribution >= 4 is 5.95 Å². The van der Waals surface area contributed by atoms with Crippen molar-refractivity contribution < 1.29 is 0 Å². The average Bonchev–Trinajstić information content (AvgIpc) is 2.16. The second-order valence-corrected chi connectivity index (χ2v) is 4.19. The number of hydrogen-bond donors (Lipinski definition) is 2. The van der Waals surface area contributed by atoms with Crippen LogP contribution in [0.25, 0.3) is 0 Å². The van der Waals surface area contributed by atoms with Crippen LogP contribution in [0, 0.1) is 6.92 Å². The molecule has 15 heavy (non-hydrogen) atoms. The number of aromatic nitrogens is 2. The van der Waals surface area contributed by atoms with Crippen molar-refractivity contribution in [2.45, 2.75) is 39.7 Å². The lowest BCUT2D eigenvalue weighted by molar-refractivity contribution is 0.769. The summed E-state index contributed by atoms with van der Waals surface area (Å²) in [7, 11) is 0. The quantitative estimate of drug-likeness (QED) is 0.790. The molecule has 1 rings (SSSR count). The number of hydrogen-bond acceptors (Lipinski definition) is 4. The highest BCUT2D eigenvalue weighted by atomic mass is 15.1. The van der Waals surface area contributed by atoms with Gasteiger partial charge in [0.1, 0.15) is 0 Å². The molecular weight excluding hydrogens is 188 g/mol. The Balaban J connectivity index is 2.88. The molecule has 4 heteroatoms. The van der Waals surface area contributed by atoms with Gasteiger partial charge in [-0.2, -0.15) is 0 Å². The molecule has 0 aliphatic heterocycles. The van der Waals surface area contributed by atoms with E-state index >= 15 is 0 Å². The molecule has 84 valence electrons. The van der Waals surface area contributed by atoms with Gasteiger partial charge in [-0.25, -0.2) is 9.97 Å². The second-order valence-electron chi connectivity index (χ2n) is 4.19. The molecule has 3 N–H and O–H groups in total. The smallest absolute Gasteiger partial charge is 0.223 e. The SMILES string of the molecule is Cc1cc(C(C)C)nc(NC(C)CN)n1. The first-order chi connectivity index (χ1) is 7.02. The summed E-state index contributed by atoms with van der Waals surface area (Å²) in [6.45, 7) is 8.82. The minimum Gasteiger partial charge on any atom is -0.350 e. The molecule has 1 aromatic rings. The van der Waals surface area contributed by atoms with Crippen LogP contribution in [-0.4, -0.2) is 22.6 Å². The van der Waals surface area contributed by atoms with E-state index in [1.807, 2.05) is 19.9 Å². The van der Waals surface area contributed by atoms with Gasteiger partial charge in [0.15, 0.2) is 0 Å². The first-order valence-electron chi connectivity index (χ1n) is 5.35. The van der Waals surface area contributed by atoms with Crippen LogP contribution in [0.3, 0.4) is 0 Å². The van der Waals surface area contributed by atoms with E-state index in [1.165, 1.54) is 0 Å². The molecule has 1 unspecified atom stereocenters. The van der Waals surface area contributed by atoms with Crippen molar-refractivity contribution in [3.05, 3.63) is 17.5 Å². The van der Waals surface area contributed by atoms with Gasteiger partial charge in [-0.1, -0.05) is 13.8 Å². The molecule has 0 bridgehead atoms. The van der Waals surface area contributed by atoms with Gasteiger partial charge in [0.25, 0.3) is 0 Å². The third-order valence-electron chi connectivity index (χ3n) is 2.19. The maximum absolute atomic E-state index is 5.54. The van der Waals surface area contributed by atoms with Gasteiger partial charge >= 0.3 is 0 Å². The molecule has 0 fully saturated rings. The highest BCUT2D eigenvalue weighted by molar-refractivity contribution is 5.30. The lowest BCUT2D eigenvalue weighted by Crippen LogP contribution is -2.26. The Bertz CT molecular complexity index is 322. The normalized spacial score (nSPS) is 12.9. The number of nitrogens with one attached hydrogen (secondary N) is 1.